The highest BCUT2D eigenvalue weighted by atomic mass is 19.1. The van der Waals surface area contributed by atoms with Crippen molar-refractivity contribution in [1.29, 1.82) is 0 Å². The van der Waals surface area contributed by atoms with Gasteiger partial charge in [0, 0.05) is 28.3 Å². The molecule has 1 unspecified atom stereocenters. The number of nitrogens with one attached hydrogen (secondary N) is 3. The van der Waals surface area contributed by atoms with Crippen LogP contribution in [0.15, 0.2) is 42.5 Å². The van der Waals surface area contributed by atoms with Crippen molar-refractivity contribution >= 4 is 22.7 Å². The van der Waals surface area contributed by atoms with E-state index in [0.717, 1.165) is 36.7 Å². The van der Waals surface area contributed by atoms with E-state index in [0.29, 0.717) is 17.5 Å². The van der Waals surface area contributed by atoms with E-state index in [1.54, 1.807) is 0 Å². The molecule has 5 nitrogen and oxygen atoms in total. The number of benzene rings is 2. The third-order valence-electron chi connectivity index (χ3n) is 4.95. The van der Waals surface area contributed by atoms with Gasteiger partial charge in [-0.1, -0.05) is 6.92 Å². The van der Waals surface area contributed by atoms with Crippen molar-refractivity contribution in [1.82, 2.24) is 10.3 Å². The highest BCUT2D eigenvalue weighted by Crippen LogP contribution is 2.31. The molecule has 6 heteroatoms. The van der Waals surface area contributed by atoms with Gasteiger partial charge in [0.25, 0.3) is 0 Å². The molecule has 0 saturated carbocycles. The number of fused-ring (bicyclic) bond motifs is 3. The second-order valence-electron chi connectivity index (χ2n) is 6.81. The standard InChI is InChI=1S/C21H22FN3O2/c1-2-23-14-5-9-19-17(11-14)18-12-15(6-10-20(18)25-19)24-21(26)27-16-7-3-13(22)4-8-16/h3-4,6-8,10,12,14,23,25H,2,5,9,11H2,1H3,(H,24,26). The summed E-state index contributed by atoms with van der Waals surface area (Å²) in [6.45, 7) is 3.09. The number of aryl methyl sites for hydroxylation is 1. The van der Waals surface area contributed by atoms with Crippen molar-refractivity contribution in [2.24, 2.45) is 0 Å². The summed E-state index contributed by atoms with van der Waals surface area (Å²) in [7, 11) is 0. The molecular weight excluding hydrogens is 345 g/mol. The molecular formula is C21H22FN3O2. The molecule has 1 atom stereocenters. The molecule has 0 spiro atoms. The molecule has 0 fully saturated rings. The summed E-state index contributed by atoms with van der Waals surface area (Å²) in [5, 5.41) is 7.40. The van der Waals surface area contributed by atoms with Gasteiger partial charge in [0.1, 0.15) is 11.6 Å². The third kappa shape index (κ3) is 3.80. The number of halogens is 1. The number of rotatable bonds is 4. The lowest BCUT2D eigenvalue weighted by atomic mass is 9.91. The number of H-pyrrole nitrogens is 1. The fraction of sp³-hybridized carbons (Fsp3) is 0.286. The number of carbonyl (C=O) groups excluding carboxylic acids is 1. The third-order valence-corrected chi connectivity index (χ3v) is 4.95. The summed E-state index contributed by atoms with van der Waals surface area (Å²) in [4.78, 5) is 15.6. The number of hydrogen-bond donors (Lipinski definition) is 3. The summed E-state index contributed by atoms with van der Waals surface area (Å²) >= 11 is 0. The van der Waals surface area contributed by atoms with Gasteiger partial charge in [-0.05, 0) is 73.8 Å². The molecule has 27 heavy (non-hydrogen) atoms. The number of amides is 1. The average molecular weight is 367 g/mol. The minimum atomic E-state index is -0.601. The summed E-state index contributed by atoms with van der Waals surface area (Å²) in [6.07, 6.45) is 2.53. The van der Waals surface area contributed by atoms with Gasteiger partial charge in [0.2, 0.25) is 0 Å². The molecule has 1 amide bonds. The Bertz CT molecular complexity index is 965. The van der Waals surface area contributed by atoms with Crippen molar-refractivity contribution in [3.8, 4) is 5.75 Å². The maximum Gasteiger partial charge on any atom is 0.417 e. The summed E-state index contributed by atoms with van der Waals surface area (Å²) < 4.78 is 18.1. The molecule has 0 radical (unpaired) electrons. The second kappa shape index (κ2) is 7.40. The van der Waals surface area contributed by atoms with Crippen LogP contribution in [0.4, 0.5) is 14.9 Å². The van der Waals surface area contributed by atoms with Crippen molar-refractivity contribution in [2.45, 2.75) is 32.2 Å². The average Bonchev–Trinajstić information content (AvgIpc) is 3.01. The van der Waals surface area contributed by atoms with Crippen LogP contribution in [0, 0.1) is 5.82 Å². The smallest absolute Gasteiger partial charge is 0.410 e. The molecule has 3 N–H and O–H groups in total. The number of carbonyl (C=O) groups is 1. The zero-order valence-corrected chi connectivity index (χ0v) is 15.1. The van der Waals surface area contributed by atoms with E-state index in [1.165, 1.54) is 35.5 Å². The van der Waals surface area contributed by atoms with Gasteiger partial charge in [-0.3, -0.25) is 5.32 Å². The van der Waals surface area contributed by atoms with Gasteiger partial charge < -0.3 is 15.0 Å². The van der Waals surface area contributed by atoms with Crippen LogP contribution in [-0.4, -0.2) is 23.7 Å². The number of aromatic amines is 1. The minimum Gasteiger partial charge on any atom is -0.410 e. The van der Waals surface area contributed by atoms with Crippen LogP contribution in [0.5, 0.6) is 5.75 Å². The normalized spacial score (nSPS) is 16.1. The summed E-state index contributed by atoms with van der Waals surface area (Å²) in [5.41, 5.74) is 4.35. The van der Waals surface area contributed by atoms with Crippen molar-refractivity contribution in [2.75, 3.05) is 11.9 Å². The molecule has 0 bridgehead atoms. The highest BCUT2D eigenvalue weighted by molar-refractivity contribution is 5.93. The van der Waals surface area contributed by atoms with Crippen LogP contribution in [0.25, 0.3) is 10.9 Å². The first-order valence-corrected chi connectivity index (χ1v) is 9.23. The fourth-order valence-electron chi connectivity index (χ4n) is 3.71. The Labute approximate surface area is 156 Å². The van der Waals surface area contributed by atoms with Crippen molar-refractivity contribution < 1.29 is 13.9 Å². The molecule has 2 aromatic carbocycles. The quantitative estimate of drug-likeness (QED) is 0.641. The summed E-state index contributed by atoms with van der Waals surface area (Å²) in [6, 6.07) is 11.6. The van der Waals surface area contributed by atoms with Crippen LogP contribution < -0.4 is 15.4 Å². The van der Waals surface area contributed by atoms with Crippen LogP contribution in [0.3, 0.4) is 0 Å². The molecule has 1 aromatic heterocycles. The fourth-order valence-corrected chi connectivity index (χ4v) is 3.71. The van der Waals surface area contributed by atoms with Crippen LogP contribution in [0.1, 0.15) is 24.6 Å². The first-order valence-electron chi connectivity index (χ1n) is 9.23. The van der Waals surface area contributed by atoms with Gasteiger partial charge in [0.05, 0.1) is 0 Å². The zero-order valence-electron chi connectivity index (χ0n) is 15.1. The Morgan fingerprint density at radius 1 is 1.26 bits per heavy atom. The molecule has 1 aliphatic rings. The zero-order chi connectivity index (χ0) is 18.8. The van der Waals surface area contributed by atoms with Gasteiger partial charge in [0.15, 0.2) is 0 Å². The lowest BCUT2D eigenvalue weighted by Crippen LogP contribution is -2.34. The molecule has 3 aromatic rings. The van der Waals surface area contributed by atoms with E-state index in [-0.39, 0.29) is 5.82 Å². The first-order chi connectivity index (χ1) is 13.1. The summed E-state index contributed by atoms with van der Waals surface area (Å²) in [5.74, 6) is -0.0798. The number of likely N-dealkylation sites (N-methyl/N-ethyl adjacent to an activating group) is 1. The van der Waals surface area contributed by atoms with E-state index < -0.39 is 6.09 Å². The van der Waals surface area contributed by atoms with E-state index >= 15 is 0 Å². The van der Waals surface area contributed by atoms with E-state index in [2.05, 4.69) is 22.5 Å². The van der Waals surface area contributed by atoms with Crippen LogP contribution in [-0.2, 0) is 12.8 Å². The predicted molar refractivity (Wildman–Crippen MR) is 104 cm³/mol. The highest BCUT2D eigenvalue weighted by Gasteiger charge is 2.22. The molecule has 4 rings (SSSR count). The largest absolute Gasteiger partial charge is 0.417 e. The molecule has 0 aliphatic heterocycles. The molecule has 1 heterocycles. The monoisotopic (exact) mass is 367 g/mol. The molecule has 0 saturated heterocycles. The maximum atomic E-state index is 12.9. The van der Waals surface area contributed by atoms with Crippen molar-refractivity contribution in [3.05, 3.63) is 59.5 Å². The molecule has 140 valence electrons. The van der Waals surface area contributed by atoms with E-state index in [1.807, 2.05) is 18.2 Å². The van der Waals surface area contributed by atoms with Gasteiger partial charge in [-0.25, -0.2) is 9.18 Å². The Morgan fingerprint density at radius 2 is 2.07 bits per heavy atom. The van der Waals surface area contributed by atoms with E-state index in [4.69, 9.17) is 4.74 Å². The molecule has 1 aliphatic carbocycles. The van der Waals surface area contributed by atoms with Gasteiger partial charge in [-0.15, -0.1) is 0 Å². The predicted octanol–water partition coefficient (Wildman–Crippen LogP) is 4.38. The van der Waals surface area contributed by atoms with Gasteiger partial charge >= 0.3 is 6.09 Å². The number of ether oxygens (including phenoxy) is 1. The Morgan fingerprint density at radius 3 is 2.85 bits per heavy atom. The topological polar surface area (TPSA) is 66.2 Å². The van der Waals surface area contributed by atoms with Crippen molar-refractivity contribution in [3.63, 3.8) is 0 Å². The number of aromatic nitrogens is 1. The number of anilines is 1. The first kappa shape index (κ1) is 17.5. The SMILES string of the molecule is CCNC1CCc2[nH]c3ccc(NC(=O)Oc4ccc(F)cc4)cc3c2C1. The van der Waals surface area contributed by atoms with Crippen LogP contribution >= 0.6 is 0 Å². The Hall–Kier alpha value is -2.86. The van der Waals surface area contributed by atoms with E-state index in [9.17, 15) is 9.18 Å². The lowest BCUT2D eigenvalue weighted by molar-refractivity contribution is 0.215. The second-order valence-corrected chi connectivity index (χ2v) is 6.81. The van der Waals surface area contributed by atoms with Gasteiger partial charge in [-0.2, -0.15) is 0 Å². The maximum absolute atomic E-state index is 12.9. The number of hydrogen-bond acceptors (Lipinski definition) is 3. The Kier molecular flexibility index (Phi) is 4.81. The Balaban J connectivity index is 1.52. The lowest BCUT2D eigenvalue weighted by Gasteiger charge is -2.23. The van der Waals surface area contributed by atoms with Crippen LogP contribution in [0.2, 0.25) is 0 Å². The minimum absolute atomic E-state index is 0.294.